The molecule has 1 aromatic heterocycles. The molecular weight excluding hydrogens is 457 g/mol. The number of pyridine rings is 1. The fourth-order valence-electron chi connectivity index (χ4n) is 3.07. The average molecular weight is 479 g/mol. The molecule has 3 aromatic rings. The summed E-state index contributed by atoms with van der Waals surface area (Å²) >= 11 is 11.5. The van der Waals surface area contributed by atoms with Gasteiger partial charge >= 0.3 is 6.18 Å². The lowest BCUT2D eigenvalue weighted by atomic mass is 10.1. The molecule has 4 nitrogen and oxygen atoms in total. The molecule has 0 aliphatic heterocycles. The van der Waals surface area contributed by atoms with Crippen molar-refractivity contribution in [2.24, 2.45) is 0 Å². The van der Waals surface area contributed by atoms with Crippen LogP contribution in [-0.2, 0) is 19.3 Å². The number of halogens is 4. The summed E-state index contributed by atoms with van der Waals surface area (Å²) in [6.07, 6.45) is -2.88. The Bertz CT molecular complexity index is 1060. The maximum atomic E-state index is 13.5. The number of anilines is 2. The fourth-order valence-corrected chi connectivity index (χ4v) is 3.48. The van der Waals surface area contributed by atoms with Gasteiger partial charge in [0.15, 0.2) is 5.11 Å². The van der Waals surface area contributed by atoms with Gasteiger partial charge in [0.2, 0.25) is 0 Å². The lowest BCUT2D eigenvalue weighted by Gasteiger charge is -2.27. The molecule has 1 N–H and O–H groups in total. The van der Waals surface area contributed by atoms with Crippen molar-refractivity contribution in [1.29, 1.82) is 0 Å². The molecule has 0 atom stereocenters. The smallest absolute Gasteiger partial charge is 0.378 e. The molecule has 0 fully saturated rings. The Kier molecular flexibility index (Phi) is 7.58. The van der Waals surface area contributed by atoms with Crippen LogP contribution in [0.15, 0.2) is 66.9 Å². The summed E-state index contributed by atoms with van der Waals surface area (Å²) in [5.74, 6) is 0. The predicted molar refractivity (Wildman–Crippen MR) is 127 cm³/mol. The van der Waals surface area contributed by atoms with Gasteiger partial charge in [0.25, 0.3) is 0 Å². The number of aromatic nitrogens is 1. The Labute approximate surface area is 195 Å². The maximum absolute atomic E-state index is 13.5. The van der Waals surface area contributed by atoms with Gasteiger partial charge in [-0.2, -0.15) is 13.2 Å². The minimum Gasteiger partial charge on any atom is -0.378 e. The van der Waals surface area contributed by atoms with E-state index in [1.54, 1.807) is 17.2 Å². The molecule has 0 saturated heterocycles. The van der Waals surface area contributed by atoms with Crippen molar-refractivity contribution in [3.63, 3.8) is 0 Å². The van der Waals surface area contributed by atoms with Crippen LogP contribution in [-0.4, -0.2) is 29.1 Å². The van der Waals surface area contributed by atoms with Crippen LogP contribution in [0, 0.1) is 0 Å². The number of benzene rings is 2. The van der Waals surface area contributed by atoms with E-state index < -0.39 is 11.7 Å². The summed E-state index contributed by atoms with van der Waals surface area (Å²) in [6.45, 7) is 0.710. The standard InChI is InChI=1S/C23H22ClF3N4S/c1-30(2)19-9-6-16(7-10-19)14-31(15-18-5-3-4-12-28-18)22(32)29-21-13-17(24)8-11-20(21)23(25,26)27/h3-13H,14-15H2,1-2H3,(H,29,32). The van der Waals surface area contributed by atoms with E-state index in [-0.39, 0.29) is 15.8 Å². The first-order valence-electron chi connectivity index (χ1n) is 9.72. The summed E-state index contributed by atoms with van der Waals surface area (Å²) in [4.78, 5) is 8.07. The number of alkyl halides is 3. The summed E-state index contributed by atoms with van der Waals surface area (Å²) in [7, 11) is 3.90. The van der Waals surface area contributed by atoms with Crippen LogP contribution >= 0.6 is 23.8 Å². The van der Waals surface area contributed by atoms with Crippen LogP contribution in [0.2, 0.25) is 5.02 Å². The van der Waals surface area contributed by atoms with E-state index in [2.05, 4.69) is 10.3 Å². The molecule has 0 saturated carbocycles. The maximum Gasteiger partial charge on any atom is 0.418 e. The van der Waals surface area contributed by atoms with Crippen molar-refractivity contribution >= 4 is 40.3 Å². The normalized spacial score (nSPS) is 11.2. The highest BCUT2D eigenvalue weighted by molar-refractivity contribution is 7.80. The number of hydrogen-bond acceptors (Lipinski definition) is 3. The quantitative estimate of drug-likeness (QED) is 0.425. The van der Waals surface area contributed by atoms with Gasteiger partial charge in [-0.1, -0.05) is 29.8 Å². The van der Waals surface area contributed by atoms with E-state index in [1.807, 2.05) is 55.4 Å². The van der Waals surface area contributed by atoms with Crippen molar-refractivity contribution in [1.82, 2.24) is 9.88 Å². The van der Waals surface area contributed by atoms with E-state index in [9.17, 15) is 13.2 Å². The third-order valence-electron chi connectivity index (χ3n) is 4.72. The minimum absolute atomic E-state index is 0.139. The third-order valence-corrected chi connectivity index (χ3v) is 5.32. The second-order valence-corrected chi connectivity index (χ2v) is 8.18. The van der Waals surface area contributed by atoms with Gasteiger partial charge in [0, 0.05) is 37.5 Å². The van der Waals surface area contributed by atoms with Crippen LogP contribution in [0.3, 0.4) is 0 Å². The first-order valence-corrected chi connectivity index (χ1v) is 10.5. The largest absolute Gasteiger partial charge is 0.418 e. The lowest BCUT2D eigenvalue weighted by molar-refractivity contribution is -0.136. The van der Waals surface area contributed by atoms with Crippen molar-refractivity contribution in [2.75, 3.05) is 24.3 Å². The van der Waals surface area contributed by atoms with Gasteiger partial charge in [-0.05, 0) is 60.2 Å². The van der Waals surface area contributed by atoms with Gasteiger partial charge in [0.1, 0.15) is 0 Å². The Balaban J connectivity index is 1.88. The molecule has 0 unspecified atom stereocenters. The Morgan fingerprint density at radius 1 is 1.03 bits per heavy atom. The van der Waals surface area contributed by atoms with E-state index >= 15 is 0 Å². The minimum atomic E-state index is -4.55. The summed E-state index contributed by atoms with van der Waals surface area (Å²) in [5.41, 5.74) is 1.71. The summed E-state index contributed by atoms with van der Waals surface area (Å²) in [5, 5.41) is 3.06. The van der Waals surface area contributed by atoms with Gasteiger partial charge < -0.3 is 15.1 Å². The number of hydrogen-bond donors (Lipinski definition) is 1. The van der Waals surface area contributed by atoms with E-state index in [1.165, 1.54) is 12.1 Å². The Morgan fingerprint density at radius 2 is 1.75 bits per heavy atom. The highest BCUT2D eigenvalue weighted by Gasteiger charge is 2.34. The topological polar surface area (TPSA) is 31.4 Å². The molecule has 2 aromatic carbocycles. The van der Waals surface area contributed by atoms with Crippen LogP contribution in [0.5, 0.6) is 0 Å². The molecule has 3 rings (SSSR count). The zero-order chi connectivity index (χ0) is 23.3. The van der Waals surface area contributed by atoms with Crippen LogP contribution in [0.1, 0.15) is 16.8 Å². The monoisotopic (exact) mass is 478 g/mol. The van der Waals surface area contributed by atoms with E-state index in [0.717, 1.165) is 23.0 Å². The van der Waals surface area contributed by atoms with Crippen molar-refractivity contribution in [3.8, 4) is 0 Å². The van der Waals surface area contributed by atoms with Crippen molar-refractivity contribution < 1.29 is 13.2 Å². The molecule has 32 heavy (non-hydrogen) atoms. The molecule has 0 amide bonds. The third kappa shape index (κ3) is 6.34. The molecule has 0 spiro atoms. The van der Waals surface area contributed by atoms with E-state index in [4.69, 9.17) is 23.8 Å². The number of nitrogens with zero attached hydrogens (tertiary/aromatic N) is 3. The van der Waals surface area contributed by atoms with E-state index in [0.29, 0.717) is 13.1 Å². The molecule has 0 bridgehead atoms. The molecule has 1 heterocycles. The zero-order valence-corrected chi connectivity index (χ0v) is 19.1. The SMILES string of the molecule is CN(C)c1ccc(CN(Cc2ccccn2)C(=S)Nc2cc(Cl)ccc2C(F)(F)F)cc1. The first kappa shape index (κ1) is 23.8. The molecule has 168 valence electrons. The van der Waals surface area contributed by atoms with Gasteiger partial charge in [-0.15, -0.1) is 0 Å². The molecule has 9 heteroatoms. The van der Waals surface area contributed by atoms with Crippen molar-refractivity contribution in [3.05, 3.63) is 88.7 Å². The number of thiocarbonyl (C=S) groups is 1. The van der Waals surface area contributed by atoms with Gasteiger partial charge in [-0.3, -0.25) is 4.98 Å². The Hall–Kier alpha value is -2.84. The second kappa shape index (κ2) is 10.2. The highest BCUT2D eigenvalue weighted by Crippen LogP contribution is 2.36. The number of nitrogens with one attached hydrogen (secondary N) is 1. The highest BCUT2D eigenvalue weighted by atomic mass is 35.5. The molecular formula is C23H22ClF3N4S. The number of rotatable bonds is 6. The predicted octanol–water partition coefficient (Wildman–Crippen LogP) is 6.22. The van der Waals surface area contributed by atoms with Crippen LogP contribution < -0.4 is 10.2 Å². The van der Waals surface area contributed by atoms with Crippen LogP contribution in [0.4, 0.5) is 24.5 Å². The molecule has 0 radical (unpaired) electrons. The van der Waals surface area contributed by atoms with Crippen molar-refractivity contribution in [2.45, 2.75) is 19.3 Å². The fraction of sp³-hybridized carbons (Fsp3) is 0.217. The zero-order valence-electron chi connectivity index (χ0n) is 17.5. The molecule has 0 aliphatic rings. The van der Waals surface area contributed by atoms with Gasteiger partial charge in [0.05, 0.1) is 23.5 Å². The molecule has 0 aliphatic carbocycles. The van der Waals surface area contributed by atoms with Crippen LogP contribution in [0.25, 0.3) is 0 Å². The Morgan fingerprint density at radius 3 is 2.34 bits per heavy atom. The lowest BCUT2D eigenvalue weighted by Crippen LogP contribution is -2.34. The second-order valence-electron chi connectivity index (χ2n) is 7.36. The summed E-state index contributed by atoms with van der Waals surface area (Å²) < 4.78 is 40.4. The summed E-state index contributed by atoms with van der Waals surface area (Å²) in [6, 6.07) is 16.7. The van der Waals surface area contributed by atoms with Gasteiger partial charge in [-0.25, -0.2) is 0 Å². The average Bonchev–Trinajstić information content (AvgIpc) is 2.73. The first-order chi connectivity index (χ1) is 15.1.